The summed E-state index contributed by atoms with van der Waals surface area (Å²) in [5.41, 5.74) is 1.00. The molecule has 0 spiro atoms. The Labute approximate surface area is 112 Å². The highest BCUT2D eigenvalue weighted by atomic mass is 79.9. The number of halogens is 3. The number of carbonyl (C=O) groups excluding carboxylic acids is 1. The molecule has 2 aromatic carbocycles. The van der Waals surface area contributed by atoms with Gasteiger partial charge in [0, 0.05) is 16.5 Å². The molecule has 0 saturated carbocycles. The zero-order valence-electron chi connectivity index (χ0n) is 9.29. The van der Waals surface area contributed by atoms with Gasteiger partial charge in [0.1, 0.15) is 0 Å². The van der Waals surface area contributed by atoms with E-state index >= 15 is 0 Å². The summed E-state index contributed by atoms with van der Waals surface area (Å²) in [5.74, 6) is -2.19. The molecule has 0 N–H and O–H groups in total. The number of hydrogen-bond donors (Lipinski definition) is 0. The van der Waals surface area contributed by atoms with Crippen LogP contribution < -0.4 is 0 Å². The molecule has 0 fully saturated rings. The molecule has 92 valence electrons. The number of hydrogen-bond acceptors (Lipinski definition) is 1. The number of rotatable bonds is 3. The number of carbonyl (C=O) groups is 1. The van der Waals surface area contributed by atoms with E-state index in [9.17, 15) is 13.6 Å². The van der Waals surface area contributed by atoms with Crippen LogP contribution in [-0.2, 0) is 6.42 Å². The lowest BCUT2D eigenvalue weighted by Gasteiger charge is -2.02. The molecule has 4 heteroatoms. The van der Waals surface area contributed by atoms with Crippen molar-refractivity contribution in [1.29, 1.82) is 0 Å². The van der Waals surface area contributed by atoms with Crippen molar-refractivity contribution in [3.63, 3.8) is 0 Å². The van der Waals surface area contributed by atoms with E-state index in [1.807, 2.05) is 24.3 Å². The van der Waals surface area contributed by atoms with E-state index in [1.54, 1.807) is 0 Å². The fourth-order valence-electron chi connectivity index (χ4n) is 1.56. The first-order valence-corrected chi connectivity index (χ1v) is 6.08. The minimum absolute atomic E-state index is 0.165. The number of Topliss-reactive ketones (excluding diaryl/α,β-unsaturated/α-hetero) is 1. The summed E-state index contributed by atoms with van der Waals surface area (Å²) < 4.78 is 26.7. The first kappa shape index (κ1) is 12.9. The molecule has 2 aromatic rings. The Morgan fingerprint density at radius 3 is 2.28 bits per heavy atom. The van der Waals surface area contributed by atoms with Crippen molar-refractivity contribution in [3.05, 3.63) is 69.7 Å². The topological polar surface area (TPSA) is 17.1 Å². The first-order chi connectivity index (χ1) is 8.56. The Morgan fingerprint density at radius 2 is 1.67 bits per heavy atom. The molecule has 0 radical (unpaired) electrons. The molecule has 2 rings (SSSR count). The zero-order chi connectivity index (χ0) is 13.1. The van der Waals surface area contributed by atoms with E-state index in [4.69, 9.17) is 0 Å². The van der Waals surface area contributed by atoms with Crippen LogP contribution in [0.25, 0.3) is 0 Å². The average Bonchev–Trinajstić information content (AvgIpc) is 2.35. The number of ketones is 1. The molecule has 18 heavy (non-hydrogen) atoms. The third-order valence-corrected chi connectivity index (χ3v) is 3.05. The minimum Gasteiger partial charge on any atom is -0.294 e. The third-order valence-electron chi connectivity index (χ3n) is 2.52. The maximum atomic E-state index is 13.0. The standard InChI is InChI=1S/C14H9BrF2O/c15-11-4-1-9(2-5-11)7-14(18)10-3-6-12(16)13(17)8-10/h1-6,8H,7H2. The van der Waals surface area contributed by atoms with Crippen molar-refractivity contribution < 1.29 is 13.6 Å². The summed E-state index contributed by atoms with van der Waals surface area (Å²) >= 11 is 3.30. The zero-order valence-corrected chi connectivity index (χ0v) is 10.9. The summed E-state index contributed by atoms with van der Waals surface area (Å²) in [6.45, 7) is 0. The van der Waals surface area contributed by atoms with E-state index in [0.717, 1.165) is 22.2 Å². The van der Waals surface area contributed by atoms with Crippen LogP contribution >= 0.6 is 15.9 Å². The average molecular weight is 311 g/mol. The van der Waals surface area contributed by atoms with Crippen molar-refractivity contribution in [3.8, 4) is 0 Å². The van der Waals surface area contributed by atoms with Crippen molar-refractivity contribution in [2.75, 3.05) is 0 Å². The largest absolute Gasteiger partial charge is 0.294 e. The summed E-state index contributed by atoms with van der Waals surface area (Å²) in [7, 11) is 0. The SMILES string of the molecule is O=C(Cc1ccc(Br)cc1)c1ccc(F)c(F)c1. The van der Waals surface area contributed by atoms with E-state index in [-0.39, 0.29) is 17.8 Å². The second kappa shape index (κ2) is 5.40. The Kier molecular flexibility index (Phi) is 3.87. The quantitative estimate of drug-likeness (QED) is 0.778. The molecular formula is C14H9BrF2O. The highest BCUT2D eigenvalue weighted by molar-refractivity contribution is 9.10. The molecule has 0 saturated heterocycles. The molecule has 0 aliphatic rings. The monoisotopic (exact) mass is 310 g/mol. The van der Waals surface area contributed by atoms with E-state index in [2.05, 4.69) is 15.9 Å². The predicted octanol–water partition coefficient (Wildman–Crippen LogP) is 4.15. The third kappa shape index (κ3) is 3.01. The van der Waals surface area contributed by atoms with Crippen LogP contribution in [0, 0.1) is 11.6 Å². The Balaban J connectivity index is 2.16. The van der Waals surface area contributed by atoms with E-state index in [1.165, 1.54) is 6.07 Å². The highest BCUT2D eigenvalue weighted by Gasteiger charge is 2.10. The van der Waals surface area contributed by atoms with Crippen LogP contribution in [0.4, 0.5) is 8.78 Å². The Morgan fingerprint density at radius 1 is 1.00 bits per heavy atom. The number of benzene rings is 2. The maximum Gasteiger partial charge on any atom is 0.167 e. The van der Waals surface area contributed by atoms with Gasteiger partial charge in [0.05, 0.1) is 0 Å². The normalized spacial score (nSPS) is 10.4. The maximum absolute atomic E-state index is 13.0. The van der Waals surface area contributed by atoms with Gasteiger partial charge in [-0.1, -0.05) is 28.1 Å². The van der Waals surface area contributed by atoms with Gasteiger partial charge in [0.2, 0.25) is 0 Å². The fraction of sp³-hybridized carbons (Fsp3) is 0.0714. The molecule has 1 nitrogen and oxygen atoms in total. The molecule has 0 amide bonds. The summed E-state index contributed by atoms with van der Waals surface area (Å²) in [6, 6.07) is 10.5. The van der Waals surface area contributed by atoms with Crippen molar-refractivity contribution >= 4 is 21.7 Å². The van der Waals surface area contributed by atoms with Gasteiger partial charge in [-0.15, -0.1) is 0 Å². The smallest absolute Gasteiger partial charge is 0.167 e. The van der Waals surface area contributed by atoms with Gasteiger partial charge in [-0.25, -0.2) is 8.78 Å². The van der Waals surface area contributed by atoms with Crippen LogP contribution in [0.1, 0.15) is 15.9 Å². The Hall–Kier alpha value is -1.55. The van der Waals surface area contributed by atoms with Crippen molar-refractivity contribution in [1.82, 2.24) is 0 Å². The second-order valence-electron chi connectivity index (χ2n) is 3.86. The predicted molar refractivity (Wildman–Crippen MR) is 68.5 cm³/mol. The van der Waals surface area contributed by atoms with Crippen LogP contribution in [0.15, 0.2) is 46.9 Å². The van der Waals surface area contributed by atoms with Gasteiger partial charge in [0.25, 0.3) is 0 Å². The Bertz CT molecular complexity index is 579. The molecule has 0 aromatic heterocycles. The van der Waals surface area contributed by atoms with Gasteiger partial charge >= 0.3 is 0 Å². The lowest BCUT2D eigenvalue weighted by Crippen LogP contribution is -2.04. The lowest BCUT2D eigenvalue weighted by atomic mass is 10.0. The van der Waals surface area contributed by atoms with E-state index in [0.29, 0.717) is 0 Å². The van der Waals surface area contributed by atoms with Crippen LogP contribution in [-0.4, -0.2) is 5.78 Å². The summed E-state index contributed by atoms with van der Waals surface area (Å²) in [6.07, 6.45) is 0.165. The van der Waals surface area contributed by atoms with Gasteiger partial charge in [0.15, 0.2) is 17.4 Å². The summed E-state index contributed by atoms with van der Waals surface area (Å²) in [5, 5.41) is 0. The molecule has 0 bridgehead atoms. The van der Waals surface area contributed by atoms with Gasteiger partial charge < -0.3 is 0 Å². The van der Waals surface area contributed by atoms with Crippen LogP contribution in [0.2, 0.25) is 0 Å². The van der Waals surface area contributed by atoms with Gasteiger partial charge in [-0.3, -0.25) is 4.79 Å². The molecule has 0 unspecified atom stereocenters. The van der Waals surface area contributed by atoms with Crippen molar-refractivity contribution in [2.24, 2.45) is 0 Å². The van der Waals surface area contributed by atoms with Gasteiger partial charge in [-0.2, -0.15) is 0 Å². The van der Waals surface area contributed by atoms with Crippen LogP contribution in [0.3, 0.4) is 0 Å². The minimum atomic E-state index is -1.00. The lowest BCUT2D eigenvalue weighted by molar-refractivity contribution is 0.0992. The molecule has 0 heterocycles. The van der Waals surface area contributed by atoms with Gasteiger partial charge in [-0.05, 0) is 35.9 Å². The molecule has 0 aliphatic heterocycles. The first-order valence-electron chi connectivity index (χ1n) is 5.29. The second-order valence-corrected chi connectivity index (χ2v) is 4.77. The van der Waals surface area contributed by atoms with Crippen molar-refractivity contribution in [2.45, 2.75) is 6.42 Å². The molecule has 0 atom stereocenters. The summed E-state index contributed by atoms with van der Waals surface area (Å²) in [4.78, 5) is 11.9. The van der Waals surface area contributed by atoms with E-state index < -0.39 is 11.6 Å². The van der Waals surface area contributed by atoms with Crippen LogP contribution in [0.5, 0.6) is 0 Å². The fourth-order valence-corrected chi connectivity index (χ4v) is 1.82. The molecule has 0 aliphatic carbocycles. The highest BCUT2D eigenvalue weighted by Crippen LogP contribution is 2.14. The molecular weight excluding hydrogens is 302 g/mol.